The number of rotatable bonds is 7. The largest absolute Gasteiger partial charge is 0.472 e. The number of benzene rings is 1. The molecule has 2 saturated heterocycles. The molecule has 2 aliphatic rings. The molecule has 2 aliphatic heterocycles. The van der Waals surface area contributed by atoms with Crippen molar-refractivity contribution in [3.8, 4) is 5.88 Å². The van der Waals surface area contributed by atoms with Crippen LogP contribution in [-0.4, -0.2) is 71.3 Å². The monoisotopic (exact) mass is 610 g/mol. The van der Waals surface area contributed by atoms with E-state index in [9.17, 15) is 31.1 Å². The van der Waals surface area contributed by atoms with Crippen molar-refractivity contribution in [1.82, 2.24) is 19.9 Å². The first-order valence-electron chi connectivity index (χ1n) is 13.6. The maximum Gasteiger partial charge on any atom is 0.421 e. The third-order valence-corrected chi connectivity index (χ3v) is 7.25. The van der Waals surface area contributed by atoms with Crippen LogP contribution in [0.15, 0.2) is 55.0 Å². The fraction of sp³-hybridized carbons (Fsp3) is 0.429. The zero-order chi connectivity index (χ0) is 30.6. The second-order valence-corrected chi connectivity index (χ2v) is 10.1. The summed E-state index contributed by atoms with van der Waals surface area (Å²) in [6, 6.07) is 9.47. The number of pyridine rings is 1. The van der Waals surface area contributed by atoms with Crippen LogP contribution < -0.4 is 14.5 Å². The molecule has 1 atom stereocenters. The topological polar surface area (TPSA) is 83.9 Å². The molecular formula is C28H28F6N6O3. The SMILES string of the molecule is O=C(OC[C@@H]1CCCN1c1cnc(OCc2ccccc2)c(C(F)(F)F)c1)N1CCN(c2ncc(C(F)(F)F)cn2)CC1. The van der Waals surface area contributed by atoms with Gasteiger partial charge in [0.15, 0.2) is 0 Å². The molecule has 0 saturated carbocycles. The molecule has 43 heavy (non-hydrogen) atoms. The van der Waals surface area contributed by atoms with Gasteiger partial charge >= 0.3 is 18.4 Å². The number of carbonyl (C=O) groups is 1. The standard InChI is InChI=1S/C28H28F6N6O3/c29-27(30,31)20-14-36-25(37-15-20)38-9-11-39(12-10-38)26(41)43-18-21-7-4-8-40(21)22-13-23(28(32,33)34)24(35-16-22)42-17-19-5-2-1-3-6-19/h1-3,5-6,13-16,21H,4,7-12,17-18H2/t21-/m0/s1. The minimum atomic E-state index is -4.69. The number of aromatic nitrogens is 3. The zero-order valence-electron chi connectivity index (χ0n) is 22.8. The summed E-state index contributed by atoms with van der Waals surface area (Å²) in [4.78, 5) is 29.2. The summed E-state index contributed by atoms with van der Waals surface area (Å²) in [5.41, 5.74) is -0.976. The molecule has 0 spiro atoms. The lowest BCUT2D eigenvalue weighted by atomic mass is 10.2. The molecular weight excluding hydrogens is 582 g/mol. The fourth-order valence-electron chi connectivity index (χ4n) is 4.97. The summed E-state index contributed by atoms with van der Waals surface area (Å²) in [6.07, 6.45) is -5.74. The summed E-state index contributed by atoms with van der Waals surface area (Å²) < 4.78 is 91.0. The number of carbonyl (C=O) groups excluding carboxylic acids is 1. The maximum absolute atomic E-state index is 13.9. The second kappa shape index (κ2) is 12.5. The summed E-state index contributed by atoms with van der Waals surface area (Å²) in [6.45, 7) is 1.43. The van der Waals surface area contributed by atoms with E-state index in [1.165, 1.54) is 11.1 Å². The number of anilines is 2. The number of piperazine rings is 1. The number of halogens is 6. The summed E-state index contributed by atoms with van der Waals surface area (Å²) in [5.74, 6) is -0.381. The minimum Gasteiger partial charge on any atom is -0.472 e. The Labute approximate surface area is 243 Å². The zero-order valence-corrected chi connectivity index (χ0v) is 22.8. The van der Waals surface area contributed by atoms with Crippen molar-refractivity contribution in [2.45, 2.75) is 37.8 Å². The van der Waals surface area contributed by atoms with Gasteiger partial charge in [0.1, 0.15) is 18.8 Å². The molecule has 4 heterocycles. The molecule has 0 N–H and O–H groups in total. The van der Waals surface area contributed by atoms with Crippen LogP contribution in [0.4, 0.5) is 42.8 Å². The van der Waals surface area contributed by atoms with Crippen LogP contribution >= 0.6 is 0 Å². The second-order valence-electron chi connectivity index (χ2n) is 10.1. The molecule has 2 aromatic heterocycles. The molecule has 230 valence electrons. The van der Waals surface area contributed by atoms with E-state index in [0.29, 0.717) is 38.0 Å². The first-order chi connectivity index (χ1) is 20.5. The molecule has 9 nitrogen and oxygen atoms in total. The smallest absolute Gasteiger partial charge is 0.421 e. The van der Waals surface area contributed by atoms with Crippen LogP contribution in [0, 0.1) is 0 Å². The first kappa shape index (κ1) is 30.2. The van der Waals surface area contributed by atoms with Crippen LogP contribution in [-0.2, 0) is 23.7 Å². The van der Waals surface area contributed by atoms with Crippen LogP contribution in [0.25, 0.3) is 0 Å². The fourth-order valence-corrected chi connectivity index (χ4v) is 4.97. The lowest BCUT2D eigenvalue weighted by molar-refractivity contribution is -0.139. The van der Waals surface area contributed by atoms with Gasteiger partial charge in [-0.25, -0.2) is 19.7 Å². The molecule has 1 aromatic carbocycles. The van der Waals surface area contributed by atoms with Gasteiger partial charge in [-0.1, -0.05) is 30.3 Å². The highest BCUT2D eigenvalue weighted by Gasteiger charge is 2.38. The van der Waals surface area contributed by atoms with Crippen molar-refractivity contribution < 1.29 is 40.6 Å². The van der Waals surface area contributed by atoms with Crippen LogP contribution in [0.1, 0.15) is 29.5 Å². The Bertz CT molecular complexity index is 1380. The molecule has 15 heteroatoms. The van der Waals surface area contributed by atoms with E-state index in [4.69, 9.17) is 9.47 Å². The molecule has 0 radical (unpaired) electrons. The van der Waals surface area contributed by atoms with Gasteiger partial charge in [-0.05, 0) is 24.5 Å². The number of hydrogen-bond acceptors (Lipinski definition) is 8. The highest BCUT2D eigenvalue weighted by atomic mass is 19.4. The average molecular weight is 611 g/mol. The summed E-state index contributed by atoms with van der Waals surface area (Å²) in [7, 11) is 0. The lowest BCUT2D eigenvalue weighted by Crippen LogP contribution is -2.50. The quantitative estimate of drug-likeness (QED) is 0.329. The molecule has 2 fully saturated rings. The Hall–Kier alpha value is -4.30. The Morgan fingerprint density at radius 3 is 2.23 bits per heavy atom. The van der Waals surface area contributed by atoms with Gasteiger partial charge in [0.25, 0.3) is 0 Å². The predicted molar refractivity (Wildman–Crippen MR) is 143 cm³/mol. The van der Waals surface area contributed by atoms with Crippen molar-refractivity contribution in [1.29, 1.82) is 0 Å². The van der Waals surface area contributed by atoms with Gasteiger partial charge in [-0.2, -0.15) is 26.3 Å². The van der Waals surface area contributed by atoms with E-state index in [1.807, 2.05) is 0 Å². The van der Waals surface area contributed by atoms with Gasteiger partial charge in [0.2, 0.25) is 11.8 Å². The first-order valence-corrected chi connectivity index (χ1v) is 13.6. The number of alkyl halides is 6. The van der Waals surface area contributed by atoms with Crippen molar-refractivity contribution in [3.05, 3.63) is 71.7 Å². The van der Waals surface area contributed by atoms with Crippen molar-refractivity contribution in [3.63, 3.8) is 0 Å². The number of amides is 1. The molecule has 1 amide bonds. The highest BCUT2D eigenvalue weighted by Crippen LogP contribution is 2.39. The predicted octanol–water partition coefficient (Wildman–Crippen LogP) is 5.42. The lowest BCUT2D eigenvalue weighted by Gasteiger charge is -2.34. The Morgan fingerprint density at radius 2 is 1.58 bits per heavy atom. The molecule has 0 aliphatic carbocycles. The van der Waals surface area contributed by atoms with E-state index in [1.54, 1.807) is 40.1 Å². The molecule has 3 aromatic rings. The number of ether oxygens (including phenoxy) is 2. The van der Waals surface area contributed by atoms with Gasteiger partial charge in [-0.15, -0.1) is 0 Å². The van der Waals surface area contributed by atoms with E-state index < -0.39 is 35.5 Å². The highest BCUT2D eigenvalue weighted by molar-refractivity contribution is 5.68. The van der Waals surface area contributed by atoms with Crippen LogP contribution in [0.5, 0.6) is 5.88 Å². The van der Waals surface area contributed by atoms with E-state index in [0.717, 1.165) is 18.5 Å². The van der Waals surface area contributed by atoms with Crippen LogP contribution in [0.2, 0.25) is 0 Å². The van der Waals surface area contributed by atoms with Crippen molar-refractivity contribution >= 4 is 17.7 Å². The van der Waals surface area contributed by atoms with Gasteiger partial charge in [0.05, 0.1) is 23.5 Å². The minimum absolute atomic E-state index is 0.0331. The molecule has 0 unspecified atom stereocenters. The summed E-state index contributed by atoms with van der Waals surface area (Å²) in [5, 5.41) is 0. The van der Waals surface area contributed by atoms with E-state index in [-0.39, 0.29) is 44.0 Å². The maximum atomic E-state index is 13.9. The van der Waals surface area contributed by atoms with E-state index in [2.05, 4.69) is 15.0 Å². The summed E-state index contributed by atoms with van der Waals surface area (Å²) >= 11 is 0. The molecule has 0 bridgehead atoms. The normalized spacial score (nSPS) is 17.7. The van der Waals surface area contributed by atoms with Gasteiger partial charge in [-0.3, -0.25) is 0 Å². The van der Waals surface area contributed by atoms with Crippen molar-refractivity contribution in [2.24, 2.45) is 0 Å². The van der Waals surface area contributed by atoms with Gasteiger partial charge < -0.3 is 24.2 Å². The third kappa shape index (κ3) is 7.38. The van der Waals surface area contributed by atoms with Crippen molar-refractivity contribution in [2.75, 3.05) is 49.1 Å². The Kier molecular flexibility index (Phi) is 8.78. The Morgan fingerprint density at radius 1 is 0.884 bits per heavy atom. The third-order valence-electron chi connectivity index (χ3n) is 7.25. The molecule has 5 rings (SSSR count). The number of nitrogens with zero attached hydrogens (tertiary/aromatic N) is 6. The van der Waals surface area contributed by atoms with Crippen LogP contribution in [0.3, 0.4) is 0 Å². The average Bonchev–Trinajstić information content (AvgIpc) is 3.47. The van der Waals surface area contributed by atoms with E-state index >= 15 is 0 Å². The Balaban J connectivity index is 1.16. The van der Waals surface area contributed by atoms with Gasteiger partial charge in [0, 0.05) is 45.1 Å². The number of hydrogen-bond donors (Lipinski definition) is 0.